The Kier molecular flexibility index (Phi) is 7.15. The van der Waals surface area contributed by atoms with Crippen LogP contribution < -0.4 is 11.1 Å². The second-order valence-corrected chi connectivity index (χ2v) is 4.57. The summed E-state index contributed by atoms with van der Waals surface area (Å²) in [5, 5.41) is 2.89. The molecule has 1 aromatic rings. The van der Waals surface area contributed by atoms with Gasteiger partial charge in [-0.1, -0.05) is 37.3 Å². The summed E-state index contributed by atoms with van der Waals surface area (Å²) in [5.41, 5.74) is 7.09. The number of carbonyl (C=O) groups excluding carboxylic acids is 1. The van der Waals surface area contributed by atoms with Gasteiger partial charge in [-0.15, -0.1) is 0 Å². The summed E-state index contributed by atoms with van der Waals surface area (Å²) in [5.74, 6) is -0.248. The average Bonchev–Trinajstić information content (AvgIpc) is 2.46. The summed E-state index contributed by atoms with van der Waals surface area (Å²) in [7, 11) is 0. The molecule has 1 rings (SSSR count). The van der Waals surface area contributed by atoms with Crippen molar-refractivity contribution in [1.82, 2.24) is 5.32 Å². The fourth-order valence-corrected chi connectivity index (χ4v) is 1.82. The van der Waals surface area contributed by atoms with E-state index >= 15 is 0 Å². The fraction of sp³-hybridized carbons (Fsp3) is 0.533. The summed E-state index contributed by atoms with van der Waals surface area (Å²) < 4.78 is 5.22. The third kappa shape index (κ3) is 5.41. The van der Waals surface area contributed by atoms with Crippen LogP contribution in [0.3, 0.4) is 0 Å². The average molecular weight is 264 g/mol. The van der Waals surface area contributed by atoms with Crippen LogP contribution in [0, 0.1) is 5.92 Å². The lowest BCUT2D eigenvalue weighted by molar-refractivity contribution is -0.125. The highest BCUT2D eigenvalue weighted by Gasteiger charge is 2.21. The predicted octanol–water partition coefficient (Wildman–Crippen LogP) is 1.87. The molecule has 0 spiro atoms. The zero-order valence-electron chi connectivity index (χ0n) is 11.8. The maximum absolute atomic E-state index is 12.0. The number of carbonyl (C=O) groups is 1. The molecular weight excluding hydrogens is 240 g/mol. The van der Waals surface area contributed by atoms with Gasteiger partial charge in [0.05, 0.1) is 5.92 Å². The maximum Gasteiger partial charge on any atom is 0.224 e. The summed E-state index contributed by atoms with van der Waals surface area (Å²) in [6.07, 6.45) is 0.826. The number of amides is 1. The van der Waals surface area contributed by atoms with E-state index in [0.29, 0.717) is 19.8 Å². The molecule has 0 heterocycles. The van der Waals surface area contributed by atoms with Gasteiger partial charge < -0.3 is 15.8 Å². The lowest BCUT2D eigenvalue weighted by atomic mass is 9.95. The Labute approximate surface area is 115 Å². The second-order valence-electron chi connectivity index (χ2n) is 4.57. The van der Waals surface area contributed by atoms with Crippen molar-refractivity contribution in [2.45, 2.75) is 26.3 Å². The Bertz CT molecular complexity index is 368. The van der Waals surface area contributed by atoms with E-state index in [9.17, 15) is 4.79 Å². The highest BCUT2D eigenvalue weighted by molar-refractivity contribution is 5.79. The SMILES string of the molecule is CCOCCCNC(=O)C(C)C(N)c1ccccc1. The molecule has 0 saturated carbocycles. The molecule has 4 nitrogen and oxygen atoms in total. The van der Waals surface area contributed by atoms with Crippen molar-refractivity contribution in [3.8, 4) is 0 Å². The van der Waals surface area contributed by atoms with Crippen LogP contribution in [0.25, 0.3) is 0 Å². The summed E-state index contributed by atoms with van der Waals surface area (Å²) in [4.78, 5) is 12.0. The van der Waals surface area contributed by atoms with Gasteiger partial charge in [0.15, 0.2) is 0 Å². The van der Waals surface area contributed by atoms with Crippen LogP contribution in [0.1, 0.15) is 31.9 Å². The number of hydrogen-bond donors (Lipinski definition) is 2. The van der Waals surface area contributed by atoms with Crippen LogP contribution in [0.5, 0.6) is 0 Å². The van der Waals surface area contributed by atoms with Crippen molar-refractivity contribution in [1.29, 1.82) is 0 Å². The van der Waals surface area contributed by atoms with E-state index in [-0.39, 0.29) is 17.9 Å². The molecule has 0 aliphatic carbocycles. The zero-order chi connectivity index (χ0) is 14.1. The van der Waals surface area contributed by atoms with Crippen molar-refractivity contribution in [3.05, 3.63) is 35.9 Å². The number of rotatable bonds is 8. The van der Waals surface area contributed by atoms with Gasteiger partial charge in [-0.3, -0.25) is 4.79 Å². The van der Waals surface area contributed by atoms with E-state index in [1.807, 2.05) is 44.2 Å². The number of hydrogen-bond acceptors (Lipinski definition) is 3. The first-order valence-corrected chi connectivity index (χ1v) is 6.82. The van der Waals surface area contributed by atoms with Crippen molar-refractivity contribution >= 4 is 5.91 Å². The Balaban J connectivity index is 2.35. The Morgan fingerprint density at radius 3 is 2.68 bits per heavy atom. The van der Waals surface area contributed by atoms with E-state index in [2.05, 4.69) is 5.32 Å². The lowest BCUT2D eigenvalue weighted by Crippen LogP contribution is -2.36. The molecule has 1 aromatic carbocycles. The second kappa shape index (κ2) is 8.67. The number of benzene rings is 1. The molecule has 1 amide bonds. The van der Waals surface area contributed by atoms with E-state index in [0.717, 1.165) is 12.0 Å². The third-order valence-corrected chi connectivity index (χ3v) is 3.11. The predicted molar refractivity (Wildman–Crippen MR) is 76.7 cm³/mol. The maximum atomic E-state index is 12.0. The Morgan fingerprint density at radius 2 is 2.05 bits per heavy atom. The Hall–Kier alpha value is -1.39. The monoisotopic (exact) mass is 264 g/mol. The molecule has 0 radical (unpaired) electrons. The van der Waals surface area contributed by atoms with Gasteiger partial charge in [0, 0.05) is 25.8 Å². The van der Waals surface area contributed by atoms with Gasteiger partial charge in [0.1, 0.15) is 0 Å². The summed E-state index contributed by atoms with van der Waals surface area (Å²) in [6, 6.07) is 9.43. The van der Waals surface area contributed by atoms with Gasteiger partial charge in [-0.2, -0.15) is 0 Å². The van der Waals surface area contributed by atoms with Crippen LogP contribution in [0.15, 0.2) is 30.3 Å². The highest BCUT2D eigenvalue weighted by atomic mass is 16.5. The van der Waals surface area contributed by atoms with E-state index in [1.165, 1.54) is 0 Å². The molecule has 0 aromatic heterocycles. The number of nitrogens with two attached hydrogens (primary N) is 1. The van der Waals surface area contributed by atoms with Gasteiger partial charge in [-0.05, 0) is 18.9 Å². The van der Waals surface area contributed by atoms with Crippen molar-refractivity contribution in [2.75, 3.05) is 19.8 Å². The van der Waals surface area contributed by atoms with Crippen LogP contribution in [-0.2, 0) is 9.53 Å². The van der Waals surface area contributed by atoms with Gasteiger partial charge >= 0.3 is 0 Å². The molecular formula is C15H24N2O2. The van der Waals surface area contributed by atoms with E-state index < -0.39 is 0 Å². The highest BCUT2D eigenvalue weighted by Crippen LogP contribution is 2.18. The van der Waals surface area contributed by atoms with Crippen molar-refractivity contribution < 1.29 is 9.53 Å². The van der Waals surface area contributed by atoms with Gasteiger partial charge in [0.25, 0.3) is 0 Å². The van der Waals surface area contributed by atoms with Crippen LogP contribution in [0.2, 0.25) is 0 Å². The number of ether oxygens (including phenoxy) is 1. The summed E-state index contributed by atoms with van der Waals surface area (Å²) in [6.45, 7) is 5.83. The molecule has 2 unspecified atom stereocenters. The van der Waals surface area contributed by atoms with Gasteiger partial charge in [-0.25, -0.2) is 0 Å². The standard InChI is InChI=1S/C15H24N2O2/c1-3-19-11-7-10-17-15(18)12(2)14(16)13-8-5-4-6-9-13/h4-6,8-9,12,14H,3,7,10-11,16H2,1-2H3,(H,17,18). The van der Waals surface area contributed by atoms with E-state index in [4.69, 9.17) is 10.5 Å². The quantitative estimate of drug-likeness (QED) is 0.704. The van der Waals surface area contributed by atoms with Crippen LogP contribution in [-0.4, -0.2) is 25.7 Å². The molecule has 0 fully saturated rings. The fourth-order valence-electron chi connectivity index (χ4n) is 1.82. The smallest absolute Gasteiger partial charge is 0.224 e. The molecule has 0 aliphatic rings. The van der Waals surface area contributed by atoms with Crippen molar-refractivity contribution in [3.63, 3.8) is 0 Å². The minimum Gasteiger partial charge on any atom is -0.382 e. The third-order valence-electron chi connectivity index (χ3n) is 3.11. The minimum atomic E-state index is -0.270. The molecule has 0 aliphatic heterocycles. The topological polar surface area (TPSA) is 64.3 Å². The molecule has 106 valence electrons. The first kappa shape index (κ1) is 15.7. The molecule has 0 bridgehead atoms. The molecule has 0 saturated heterocycles. The molecule has 4 heteroatoms. The lowest BCUT2D eigenvalue weighted by Gasteiger charge is -2.19. The molecule has 2 atom stereocenters. The molecule has 19 heavy (non-hydrogen) atoms. The number of nitrogens with one attached hydrogen (secondary N) is 1. The van der Waals surface area contributed by atoms with Crippen LogP contribution in [0.4, 0.5) is 0 Å². The first-order valence-electron chi connectivity index (χ1n) is 6.82. The first-order chi connectivity index (χ1) is 9.16. The Morgan fingerprint density at radius 1 is 1.37 bits per heavy atom. The van der Waals surface area contributed by atoms with Gasteiger partial charge in [0.2, 0.25) is 5.91 Å². The largest absolute Gasteiger partial charge is 0.382 e. The normalized spacial score (nSPS) is 13.8. The molecule has 3 N–H and O–H groups in total. The minimum absolute atomic E-state index is 0.00662. The van der Waals surface area contributed by atoms with Crippen LogP contribution >= 0.6 is 0 Å². The van der Waals surface area contributed by atoms with E-state index in [1.54, 1.807) is 0 Å². The summed E-state index contributed by atoms with van der Waals surface area (Å²) >= 11 is 0. The zero-order valence-corrected chi connectivity index (χ0v) is 11.8. The van der Waals surface area contributed by atoms with Crippen molar-refractivity contribution in [2.24, 2.45) is 11.7 Å².